The summed E-state index contributed by atoms with van der Waals surface area (Å²) in [5.74, 6) is 0.267. The first kappa shape index (κ1) is 15.8. The van der Waals surface area contributed by atoms with E-state index in [0.29, 0.717) is 22.7 Å². The molecule has 1 unspecified atom stereocenters. The maximum atomic E-state index is 12.9. The molecule has 1 N–H and O–H groups in total. The zero-order valence-electron chi connectivity index (χ0n) is 12.0. The summed E-state index contributed by atoms with van der Waals surface area (Å²) >= 11 is 5.94. The normalized spacial score (nSPS) is 16.8. The minimum Gasteiger partial charge on any atom is -0.482 e. The highest BCUT2D eigenvalue weighted by Gasteiger charge is 2.35. The van der Waals surface area contributed by atoms with Crippen molar-refractivity contribution in [2.75, 3.05) is 0 Å². The monoisotopic (exact) mass is 340 g/mol. The number of ether oxygens (including phenoxy) is 1. The van der Waals surface area contributed by atoms with Gasteiger partial charge in [-0.2, -0.15) is 13.2 Å². The molecule has 1 aliphatic rings. The topological polar surface area (TPSA) is 46.0 Å². The number of rotatable bonds is 2. The Kier molecular flexibility index (Phi) is 3.80. The molecule has 2 aromatic rings. The van der Waals surface area contributed by atoms with Crippen LogP contribution in [0.5, 0.6) is 5.75 Å². The van der Waals surface area contributed by atoms with Crippen molar-refractivity contribution >= 4 is 17.3 Å². The number of fused-ring (bicyclic) bond motifs is 1. The lowest BCUT2D eigenvalue weighted by atomic mass is 10.0. The first-order valence-electron chi connectivity index (χ1n) is 6.84. The molecule has 1 aliphatic heterocycles. The summed E-state index contributed by atoms with van der Waals surface area (Å²) in [5, 5.41) is 7.55. The summed E-state index contributed by atoms with van der Waals surface area (Å²) in [5.41, 5.74) is 0.995. The van der Waals surface area contributed by atoms with Gasteiger partial charge in [0.15, 0.2) is 0 Å². The highest BCUT2D eigenvalue weighted by Crippen LogP contribution is 2.44. The van der Waals surface area contributed by atoms with Gasteiger partial charge in [0.25, 0.3) is 0 Å². The molecule has 0 saturated heterocycles. The summed E-state index contributed by atoms with van der Waals surface area (Å²) in [6.45, 7) is 1.61. The van der Waals surface area contributed by atoms with Crippen molar-refractivity contribution in [1.29, 1.82) is 5.41 Å². The van der Waals surface area contributed by atoms with Crippen molar-refractivity contribution in [1.82, 2.24) is 4.98 Å². The Hall–Kier alpha value is -2.08. The smallest absolute Gasteiger partial charge is 0.416 e. The summed E-state index contributed by atoms with van der Waals surface area (Å²) < 4.78 is 44.3. The van der Waals surface area contributed by atoms with Crippen LogP contribution in [0.25, 0.3) is 0 Å². The number of nitrogens with one attached hydrogen (secondary N) is 1. The van der Waals surface area contributed by atoms with Gasteiger partial charge in [-0.3, -0.25) is 0 Å². The van der Waals surface area contributed by atoms with E-state index in [-0.39, 0.29) is 17.2 Å². The molecular weight excluding hydrogens is 329 g/mol. The molecule has 3 rings (SSSR count). The molecule has 7 heteroatoms. The van der Waals surface area contributed by atoms with E-state index in [1.165, 1.54) is 0 Å². The maximum absolute atomic E-state index is 12.9. The SMILES string of the molecule is CC(=N)c1cccc(C2Cc3cc(C(F)(F)F)cc(Cl)c3O2)n1. The van der Waals surface area contributed by atoms with E-state index < -0.39 is 17.8 Å². The largest absolute Gasteiger partial charge is 0.482 e. The van der Waals surface area contributed by atoms with Crippen LogP contribution >= 0.6 is 11.6 Å². The quantitative estimate of drug-likeness (QED) is 0.797. The van der Waals surface area contributed by atoms with Crippen LogP contribution in [0.15, 0.2) is 30.3 Å². The fourth-order valence-electron chi connectivity index (χ4n) is 2.49. The average Bonchev–Trinajstić information content (AvgIpc) is 2.91. The van der Waals surface area contributed by atoms with Crippen molar-refractivity contribution in [2.45, 2.75) is 25.6 Å². The molecule has 3 nitrogen and oxygen atoms in total. The van der Waals surface area contributed by atoms with Crippen molar-refractivity contribution in [2.24, 2.45) is 0 Å². The number of nitrogens with zero attached hydrogens (tertiary/aromatic N) is 1. The summed E-state index contributed by atoms with van der Waals surface area (Å²) in [7, 11) is 0. The molecule has 120 valence electrons. The Bertz CT molecular complexity index is 789. The van der Waals surface area contributed by atoms with Gasteiger partial charge in [-0.15, -0.1) is 0 Å². The molecule has 0 bridgehead atoms. The molecule has 2 heterocycles. The third-order valence-corrected chi connectivity index (χ3v) is 3.88. The fourth-order valence-corrected chi connectivity index (χ4v) is 2.77. The Labute approximate surface area is 135 Å². The zero-order valence-corrected chi connectivity index (χ0v) is 12.8. The summed E-state index contributed by atoms with van der Waals surface area (Å²) in [6, 6.07) is 7.09. The minimum atomic E-state index is -4.45. The number of halogens is 4. The molecule has 1 aromatic carbocycles. The lowest BCUT2D eigenvalue weighted by molar-refractivity contribution is -0.137. The van der Waals surface area contributed by atoms with Gasteiger partial charge in [0, 0.05) is 12.0 Å². The molecular formula is C16H12ClF3N2O. The molecule has 0 saturated carbocycles. The lowest BCUT2D eigenvalue weighted by Crippen LogP contribution is -2.08. The highest BCUT2D eigenvalue weighted by molar-refractivity contribution is 6.32. The van der Waals surface area contributed by atoms with Crippen LogP contribution in [0.2, 0.25) is 5.02 Å². The van der Waals surface area contributed by atoms with Crippen LogP contribution in [-0.4, -0.2) is 10.7 Å². The van der Waals surface area contributed by atoms with Gasteiger partial charge in [0.2, 0.25) is 0 Å². The number of aromatic nitrogens is 1. The Morgan fingerprint density at radius 1 is 1.35 bits per heavy atom. The first-order valence-corrected chi connectivity index (χ1v) is 7.22. The van der Waals surface area contributed by atoms with E-state index in [2.05, 4.69) is 4.98 Å². The Balaban J connectivity index is 1.94. The highest BCUT2D eigenvalue weighted by atomic mass is 35.5. The predicted octanol–water partition coefficient (Wildman–Crippen LogP) is 4.82. The zero-order chi connectivity index (χ0) is 16.8. The number of alkyl halides is 3. The van der Waals surface area contributed by atoms with Crippen LogP contribution in [0.1, 0.15) is 35.5 Å². The average molecular weight is 341 g/mol. The van der Waals surface area contributed by atoms with Gasteiger partial charge in [-0.25, -0.2) is 4.98 Å². The van der Waals surface area contributed by atoms with Crippen molar-refractivity contribution < 1.29 is 17.9 Å². The number of pyridine rings is 1. The van der Waals surface area contributed by atoms with Gasteiger partial charge in [0.05, 0.1) is 27.7 Å². The molecule has 0 spiro atoms. The number of hydrogen-bond donors (Lipinski definition) is 1. The summed E-state index contributed by atoms with van der Waals surface area (Å²) in [4.78, 5) is 4.32. The Morgan fingerprint density at radius 3 is 2.74 bits per heavy atom. The van der Waals surface area contributed by atoms with Crippen molar-refractivity contribution in [3.8, 4) is 5.75 Å². The molecule has 0 amide bonds. The lowest BCUT2D eigenvalue weighted by Gasteiger charge is -2.12. The molecule has 1 atom stereocenters. The standard InChI is InChI=1S/C16H12ClF3N2O/c1-8(21)12-3-2-4-13(22-12)14-6-9-5-10(16(18,19)20)7-11(17)15(9)23-14/h2-5,7,14,21H,6H2,1H3. The Morgan fingerprint density at radius 2 is 2.09 bits per heavy atom. The molecule has 1 aromatic heterocycles. The van der Waals surface area contributed by atoms with Crippen LogP contribution in [0.3, 0.4) is 0 Å². The van der Waals surface area contributed by atoms with Gasteiger partial charge in [0.1, 0.15) is 11.9 Å². The van der Waals surface area contributed by atoms with Gasteiger partial charge in [-0.05, 0) is 31.2 Å². The van der Waals surface area contributed by atoms with Crippen molar-refractivity contribution in [3.63, 3.8) is 0 Å². The fraction of sp³-hybridized carbons (Fsp3) is 0.250. The minimum absolute atomic E-state index is 0.0586. The second-order valence-electron chi connectivity index (χ2n) is 5.33. The van der Waals surface area contributed by atoms with E-state index in [9.17, 15) is 13.2 Å². The van der Waals surface area contributed by atoms with Crippen LogP contribution < -0.4 is 4.74 Å². The van der Waals surface area contributed by atoms with Gasteiger partial charge < -0.3 is 10.1 Å². The van der Waals surface area contributed by atoms with Crippen molar-refractivity contribution in [3.05, 3.63) is 57.9 Å². The first-order chi connectivity index (χ1) is 10.8. The number of hydrogen-bond acceptors (Lipinski definition) is 3. The third-order valence-electron chi connectivity index (χ3n) is 3.60. The van der Waals surface area contributed by atoms with Crippen LogP contribution in [0, 0.1) is 5.41 Å². The van der Waals surface area contributed by atoms with E-state index in [1.807, 2.05) is 0 Å². The molecule has 0 fully saturated rings. The van der Waals surface area contributed by atoms with Crippen LogP contribution in [0.4, 0.5) is 13.2 Å². The van der Waals surface area contributed by atoms with Gasteiger partial charge >= 0.3 is 6.18 Å². The van der Waals surface area contributed by atoms with E-state index in [0.717, 1.165) is 12.1 Å². The second kappa shape index (κ2) is 5.53. The van der Waals surface area contributed by atoms with Crippen LogP contribution in [-0.2, 0) is 12.6 Å². The van der Waals surface area contributed by atoms with E-state index >= 15 is 0 Å². The predicted molar refractivity (Wildman–Crippen MR) is 80.3 cm³/mol. The molecule has 23 heavy (non-hydrogen) atoms. The second-order valence-corrected chi connectivity index (χ2v) is 5.73. The van der Waals surface area contributed by atoms with Gasteiger partial charge in [-0.1, -0.05) is 17.7 Å². The van der Waals surface area contributed by atoms with E-state index in [4.69, 9.17) is 21.7 Å². The molecule has 0 radical (unpaired) electrons. The summed E-state index contributed by atoms with van der Waals surface area (Å²) in [6.07, 6.45) is -4.70. The van der Waals surface area contributed by atoms with E-state index in [1.54, 1.807) is 25.1 Å². The number of benzene rings is 1. The molecule has 0 aliphatic carbocycles. The maximum Gasteiger partial charge on any atom is 0.416 e. The third kappa shape index (κ3) is 3.03.